The molecule has 0 amide bonds. The largest absolute Gasteiger partial charge is 0.494 e. The Labute approximate surface area is 183 Å². The molecule has 7 heteroatoms. The minimum Gasteiger partial charge on any atom is -0.494 e. The number of aromatic nitrogens is 2. The minimum absolute atomic E-state index is 0.610. The summed E-state index contributed by atoms with van der Waals surface area (Å²) in [4.78, 5) is 2.43. The molecule has 3 heterocycles. The lowest BCUT2D eigenvalue weighted by atomic mass is 10.1. The highest BCUT2D eigenvalue weighted by Crippen LogP contribution is 2.33. The molecule has 2 N–H and O–H groups in total. The molecular weight excluding hydrogens is 388 g/mol. The summed E-state index contributed by atoms with van der Waals surface area (Å²) in [6, 6.07) is 12.8. The van der Waals surface area contributed by atoms with Crippen LogP contribution in [0.3, 0.4) is 0 Å². The second kappa shape index (κ2) is 9.27. The Morgan fingerprint density at radius 2 is 2.06 bits per heavy atom. The average molecular weight is 419 g/mol. The van der Waals surface area contributed by atoms with Crippen molar-refractivity contribution >= 4 is 22.7 Å². The fourth-order valence-electron chi connectivity index (χ4n) is 4.39. The van der Waals surface area contributed by atoms with E-state index in [1.807, 2.05) is 44.2 Å². The van der Waals surface area contributed by atoms with E-state index in [1.165, 1.54) is 19.4 Å². The first-order valence-electron chi connectivity index (χ1n) is 11.0. The SMILES string of the molecule is CCOc1ccc(Nc2c(C)c(NCCC3CCCN3C)c(C#N)c3ccnn23)cc1. The standard InChI is InChI=1S/C24H30N6O/c1-4-31-20-9-7-18(8-10-20)28-24-17(2)23(21(16-25)22-12-14-27-30(22)24)26-13-11-19-6-5-15-29(19)3/h7-10,12,14,19,26,28H,4-6,11,13,15H2,1-3H3. The Morgan fingerprint density at radius 1 is 1.26 bits per heavy atom. The molecule has 1 aliphatic heterocycles. The maximum atomic E-state index is 9.90. The lowest BCUT2D eigenvalue weighted by Gasteiger charge is -2.22. The van der Waals surface area contributed by atoms with Crippen LogP contribution in [0.1, 0.15) is 37.3 Å². The van der Waals surface area contributed by atoms with Gasteiger partial charge in [0.05, 0.1) is 24.0 Å². The molecular formula is C24H30N6O. The van der Waals surface area contributed by atoms with Gasteiger partial charge in [0.25, 0.3) is 0 Å². The van der Waals surface area contributed by atoms with E-state index in [0.717, 1.165) is 47.0 Å². The van der Waals surface area contributed by atoms with Crippen molar-refractivity contribution in [3.05, 3.63) is 47.7 Å². The number of ether oxygens (including phenoxy) is 1. The summed E-state index contributed by atoms with van der Waals surface area (Å²) in [5.41, 5.74) is 4.21. The van der Waals surface area contributed by atoms with Crippen LogP contribution in [-0.4, -0.2) is 47.3 Å². The van der Waals surface area contributed by atoms with Gasteiger partial charge in [-0.2, -0.15) is 10.4 Å². The highest BCUT2D eigenvalue weighted by molar-refractivity contribution is 5.82. The van der Waals surface area contributed by atoms with Crippen LogP contribution in [0.4, 0.5) is 17.2 Å². The molecule has 1 fully saturated rings. The Hall–Kier alpha value is -3.24. The van der Waals surface area contributed by atoms with Crippen LogP contribution >= 0.6 is 0 Å². The van der Waals surface area contributed by atoms with Gasteiger partial charge < -0.3 is 20.3 Å². The molecule has 3 aromatic rings. The zero-order chi connectivity index (χ0) is 21.8. The lowest BCUT2D eigenvalue weighted by Crippen LogP contribution is -2.27. The van der Waals surface area contributed by atoms with Gasteiger partial charge in [-0.1, -0.05) is 0 Å². The molecule has 0 aliphatic carbocycles. The topological polar surface area (TPSA) is 77.6 Å². The second-order valence-corrected chi connectivity index (χ2v) is 8.04. The Kier molecular flexibility index (Phi) is 6.28. The molecule has 31 heavy (non-hydrogen) atoms. The molecule has 1 aromatic carbocycles. The number of pyridine rings is 1. The number of benzene rings is 1. The molecule has 4 rings (SSSR count). The van der Waals surface area contributed by atoms with Crippen molar-refractivity contribution in [2.45, 2.75) is 39.2 Å². The van der Waals surface area contributed by atoms with Gasteiger partial charge in [-0.3, -0.25) is 0 Å². The normalized spacial score (nSPS) is 16.4. The third kappa shape index (κ3) is 4.30. The molecule has 7 nitrogen and oxygen atoms in total. The quantitative estimate of drug-likeness (QED) is 0.559. The maximum absolute atomic E-state index is 9.90. The summed E-state index contributed by atoms with van der Waals surface area (Å²) in [6.45, 7) is 6.65. The fourth-order valence-corrected chi connectivity index (χ4v) is 4.39. The Balaban J connectivity index is 1.62. The molecule has 1 saturated heterocycles. The number of hydrogen-bond acceptors (Lipinski definition) is 6. The third-order valence-electron chi connectivity index (χ3n) is 6.08. The van der Waals surface area contributed by atoms with E-state index in [0.29, 0.717) is 18.2 Å². The van der Waals surface area contributed by atoms with Crippen LogP contribution in [0.5, 0.6) is 5.75 Å². The van der Waals surface area contributed by atoms with Gasteiger partial charge >= 0.3 is 0 Å². The Bertz CT molecular complexity index is 1080. The lowest BCUT2D eigenvalue weighted by molar-refractivity contribution is 0.301. The summed E-state index contributed by atoms with van der Waals surface area (Å²) in [5, 5.41) is 21.4. The smallest absolute Gasteiger partial charge is 0.137 e. The number of fused-ring (bicyclic) bond motifs is 1. The molecule has 1 unspecified atom stereocenters. The van der Waals surface area contributed by atoms with Gasteiger partial charge in [-0.05, 0) is 77.0 Å². The van der Waals surface area contributed by atoms with E-state index in [4.69, 9.17) is 4.74 Å². The van der Waals surface area contributed by atoms with Gasteiger partial charge in [0.1, 0.15) is 23.2 Å². The first-order chi connectivity index (χ1) is 15.1. The number of anilines is 3. The van der Waals surface area contributed by atoms with E-state index in [-0.39, 0.29) is 0 Å². The number of nitrogens with one attached hydrogen (secondary N) is 2. The molecule has 2 aromatic heterocycles. The first-order valence-corrected chi connectivity index (χ1v) is 11.0. The number of hydrogen-bond donors (Lipinski definition) is 2. The van der Waals surface area contributed by atoms with E-state index in [9.17, 15) is 5.26 Å². The van der Waals surface area contributed by atoms with Crippen LogP contribution in [0.15, 0.2) is 36.5 Å². The van der Waals surface area contributed by atoms with Crippen molar-refractivity contribution < 1.29 is 4.74 Å². The first kappa shape index (κ1) is 21.0. The molecule has 0 radical (unpaired) electrons. The van der Waals surface area contributed by atoms with E-state index < -0.39 is 0 Å². The van der Waals surface area contributed by atoms with Crippen molar-refractivity contribution in [3.8, 4) is 11.8 Å². The molecule has 162 valence electrons. The number of rotatable bonds is 8. The van der Waals surface area contributed by atoms with Gasteiger partial charge in [0.2, 0.25) is 0 Å². The molecule has 1 aliphatic rings. The van der Waals surface area contributed by atoms with E-state index in [2.05, 4.69) is 33.7 Å². The average Bonchev–Trinajstić information content (AvgIpc) is 3.41. The van der Waals surface area contributed by atoms with Crippen molar-refractivity contribution in [3.63, 3.8) is 0 Å². The van der Waals surface area contributed by atoms with E-state index >= 15 is 0 Å². The molecule has 0 spiro atoms. The minimum atomic E-state index is 0.610. The predicted octanol–water partition coefficient (Wildman–Crippen LogP) is 4.55. The highest BCUT2D eigenvalue weighted by atomic mass is 16.5. The summed E-state index contributed by atoms with van der Waals surface area (Å²) < 4.78 is 7.35. The second-order valence-electron chi connectivity index (χ2n) is 8.04. The highest BCUT2D eigenvalue weighted by Gasteiger charge is 2.22. The maximum Gasteiger partial charge on any atom is 0.137 e. The van der Waals surface area contributed by atoms with Crippen molar-refractivity contribution in [1.29, 1.82) is 5.26 Å². The predicted molar refractivity (Wildman–Crippen MR) is 124 cm³/mol. The van der Waals surface area contributed by atoms with Crippen molar-refractivity contribution in [2.24, 2.45) is 0 Å². The Morgan fingerprint density at radius 3 is 2.74 bits per heavy atom. The van der Waals surface area contributed by atoms with Gasteiger partial charge in [-0.25, -0.2) is 4.52 Å². The zero-order valence-electron chi connectivity index (χ0n) is 18.5. The summed E-state index contributed by atoms with van der Waals surface area (Å²) in [5.74, 6) is 1.69. The fraction of sp³-hybridized carbons (Fsp3) is 0.417. The third-order valence-corrected chi connectivity index (χ3v) is 6.08. The molecule has 0 saturated carbocycles. The van der Waals surface area contributed by atoms with Crippen molar-refractivity contribution in [2.75, 3.05) is 37.4 Å². The van der Waals surface area contributed by atoms with E-state index in [1.54, 1.807) is 10.7 Å². The van der Waals surface area contributed by atoms with Crippen LogP contribution in [-0.2, 0) is 0 Å². The molecule has 0 bridgehead atoms. The number of nitriles is 1. The van der Waals surface area contributed by atoms with Gasteiger partial charge in [-0.15, -0.1) is 0 Å². The molecule has 1 atom stereocenters. The zero-order valence-corrected chi connectivity index (χ0v) is 18.5. The van der Waals surface area contributed by atoms with Crippen LogP contribution in [0.25, 0.3) is 5.52 Å². The van der Waals surface area contributed by atoms with Crippen LogP contribution < -0.4 is 15.4 Å². The summed E-state index contributed by atoms with van der Waals surface area (Å²) in [7, 11) is 2.20. The van der Waals surface area contributed by atoms with Crippen molar-refractivity contribution in [1.82, 2.24) is 14.5 Å². The summed E-state index contributed by atoms with van der Waals surface area (Å²) in [6.07, 6.45) is 5.30. The van der Waals surface area contributed by atoms with Gasteiger partial charge in [0.15, 0.2) is 0 Å². The monoisotopic (exact) mass is 418 g/mol. The van der Waals surface area contributed by atoms with Gasteiger partial charge in [0, 0.05) is 23.8 Å². The van der Waals surface area contributed by atoms with Crippen LogP contribution in [0, 0.1) is 18.3 Å². The number of nitrogens with zero attached hydrogens (tertiary/aromatic N) is 4. The summed E-state index contributed by atoms with van der Waals surface area (Å²) >= 11 is 0. The number of likely N-dealkylation sites (tertiary alicyclic amines) is 1. The van der Waals surface area contributed by atoms with Crippen LogP contribution in [0.2, 0.25) is 0 Å².